The van der Waals surface area contributed by atoms with Gasteiger partial charge in [0.15, 0.2) is 0 Å². The van der Waals surface area contributed by atoms with Crippen LogP contribution in [0.2, 0.25) is 0 Å². The maximum Gasteiger partial charge on any atom is 0.325 e. The highest BCUT2D eigenvalue weighted by Crippen LogP contribution is 2.28. The molecule has 1 N–H and O–H groups in total. The first-order valence-corrected chi connectivity index (χ1v) is 5.66. The Kier molecular flexibility index (Phi) is 5.17. The summed E-state index contributed by atoms with van der Waals surface area (Å²) in [6.07, 6.45) is 0. The number of aryl methyl sites for hydroxylation is 1. The molecule has 0 saturated heterocycles. The smallest absolute Gasteiger partial charge is 0.325 e. The Morgan fingerprint density at radius 2 is 1.68 bits per heavy atom. The molecule has 0 spiro atoms. The molecule has 0 unspecified atom stereocenters. The zero-order chi connectivity index (χ0) is 14.4. The lowest BCUT2D eigenvalue weighted by Crippen LogP contribution is -2.35. The predicted octanol–water partition coefficient (Wildman–Crippen LogP) is 0.853. The van der Waals surface area contributed by atoms with Gasteiger partial charge in [0, 0.05) is 0 Å². The van der Waals surface area contributed by atoms with Gasteiger partial charge >= 0.3 is 11.9 Å². The van der Waals surface area contributed by atoms with Crippen molar-refractivity contribution in [2.45, 2.75) is 6.92 Å². The van der Waals surface area contributed by atoms with E-state index in [9.17, 15) is 14.7 Å². The standard InChI is InChI=1S/C13H17NO5/c1-9-4-5-11(15)10(6-9)14(7-12(16)18-2)8-13(17)19-3/h4-6,15H,7-8H2,1-3H3. The van der Waals surface area contributed by atoms with Gasteiger partial charge in [-0.25, -0.2) is 0 Å². The second-order valence-corrected chi connectivity index (χ2v) is 4.00. The van der Waals surface area contributed by atoms with Crippen LogP contribution in [0.4, 0.5) is 5.69 Å². The molecule has 0 bridgehead atoms. The molecule has 0 aromatic heterocycles. The molecular formula is C13H17NO5. The Morgan fingerprint density at radius 1 is 1.16 bits per heavy atom. The third kappa shape index (κ3) is 4.17. The lowest BCUT2D eigenvalue weighted by Gasteiger charge is -2.23. The summed E-state index contributed by atoms with van der Waals surface area (Å²) in [5.41, 5.74) is 1.28. The number of aromatic hydroxyl groups is 1. The van der Waals surface area contributed by atoms with E-state index < -0.39 is 11.9 Å². The molecule has 0 saturated carbocycles. The van der Waals surface area contributed by atoms with Crippen LogP contribution in [-0.4, -0.2) is 44.4 Å². The minimum Gasteiger partial charge on any atom is -0.506 e. The van der Waals surface area contributed by atoms with Crippen LogP contribution in [0.3, 0.4) is 0 Å². The molecule has 0 radical (unpaired) electrons. The van der Waals surface area contributed by atoms with Gasteiger partial charge in [0.05, 0.1) is 19.9 Å². The topological polar surface area (TPSA) is 76.1 Å². The normalized spacial score (nSPS) is 9.84. The molecule has 0 amide bonds. The number of benzene rings is 1. The van der Waals surface area contributed by atoms with Crippen LogP contribution in [-0.2, 0) is 19.1 Å². The summed E-state index contributed by atoms with van der Waals surface area (Å²) in [4.78, 5) is 24.1. The van der Waals surface area contributed by atoms with Crippen LogP contribution >= 0.6 is 0 Å². The molecule has 104 valence electrons. The number of rotatable bonds is 5. The van der Waals surface area contributed by atoms with E-state index in [2.05, 4.69) is 9.47 Å². The summed E-state index contributed by atoms with van der Waals surface area (Å²) < 4.78 is 9.15. The number of carbonyl (C=O) groups excluding carboxylic acids is 2. The highest BCUT2D eigenvalue weighted by atomic mass is 16.5. The number of nitrogens with zero attached hydrogens (tertiary/aromatic N) is 1. The summed E-state index contributed by atoms with van der Waals surface area (Å²) in [5.74, 6) is -1.03. The highest BCUT2D eigenvalue weighted by Gasteiger charge is 2.18. The van der Waals surface area contributed by atoms with Gasteiger partial charge in [-0.05, 0) is 24.6 Å². The zero-order valence-electron chi connectivity index (χ0n) is 11.2. The van der Waals surface area contributed by atoms with Crippen LogP contribution in [0.25, 0.3) is 0 Å². The van der Waals surface area contributed by atoms with Crippen LogP contribution in [0, 0.1) is 6.92 Å². The van der Waals surface area contributed by atoms with Crippen molar-refractivity contribution in [3.8, 4) is 5.75 Å². The van der Waals surface area contributed by atoms with E-state index in [1.807, 2.05) is 6.92 Å². The molecular weight excluding hydrogens is 250 g/mol. The van der Waals surface area contributed by atoms with Gasteiger partial charge < -0.3 is 19.5 Å². The first-order chi connectivity index (χ1) is 8.97. The van der Waals surface area contributed by atoms with Gasteiger partial charge in [0.25, 0.3) is 0 Å². The number of phenolic OH excluding ortho intramolecular Hbond substituents is 1. The van der Waals surface area contributed by atoms with E-state index in [0.717, 1.165) is 5.56 Å². The first-order valence-electron chi connectivity index (χ1n) is 5.66. The molecule has 1 aromatic rings. The number of carbonyl (C=O) groups is 2. The maximum atomic E-state index is 11.4. The van der Waals surface area contributed by atoms with Crippen molar-refractivity contribution in [3.05, 3.63) is 23.8 Å². The number of hydrogen-bond acceptors (Lipinski definition) is 6. The van der Waals surface area contributed by atoms with E-state index in [-0.39, 0.29) is 18.8 Å². The molecule has 0 aliphatic heterocycles. The van der Waals surface area contributed by atoms with Crippen molar-refractivity contribution in [2.75, 3.05) is 32.2 Å². The van der Waals surface area contributed by atoms with Crippen molar-refractivity contribution in [1.82, 2.24) is 0 Å². The molecule has 1 rings (SSSR count). The van der Waals surface area contributed by atoms with E-state index in [1.165, 1.54) is 25.2 Å². The van der Waals surface area contributed by atoms with Gasteiger partial charge in [-0.3, -0.25) is 9.59 Å². The maximum absolute atomic E-state index is 11.4. The summed E-state index contributed by atoms with van der Waals surface area (Å²) in [6, 6.07) is 4.92. The molecule has 1 aromatic carbocycles. The van der Waals surface area contributed by atoms with Crippen molar-refractivity contribution in [3.63, 3.8) is 0 Å². The van der Waals surface area contributed by atoms with E-state index >= 15 is 0 Å². The SMILES string of the molecule is COC(=O)CN(CC(=O)OC)c1cc(C)ccc1O. The summed E-state index contributed by atoms with van der Waals surface area (Å²) in [5, 5.41) is 9.83. The van der Waals surface area contributed by atoms with Crippen molar-refractivity contribution in [2.24, 2.45) is 0 Å². The van der Waals surface area contributed by atoms with E-state index in [1.54, 1.807) is 12.1 Å². The number of methoxy groups -OCH3 is 2. The van der Waals surface area contributed by atoms with Crippen molar-refractivity contribution < 1.29 is 24.2 Å². The van der Waals surface area contributed by atoms with Crippen LogP contribution in [0.1, 0.15) is 5.56 Å². The largest absolute Gasteiger partial charge is 0.506 e. The van der Waals surface area contributed by atoms with Gasteiger partial charge in [-0.2, -0.15) is 0 Å². The molecule has 19 heavy (non-hydrogen) atoms. The predicted molar refractivity (Wildman–Crippen MR) is 69.1 cm³/mol. The minimum atomic E-state index is -0.509. The third-order valence-corrected chi connectivity index (χ3v) is 2.57. The molecule has 6 heteroatoms. The summed E-state index contributed by atoms with van der Waals surface area (Å²) >= 11 is 0. The van der Waals surface area contributed by atoms with Gasteiger partial charge in [-0.1, -0.05) is 6.07 Å². The second kappa shape index (κ2) is 6.63. The zero-order valence-corrected chi connectivity index (χ0v) is 11.2. The van der Waals surface area contributed by atoms with Crippen LogP contribution in [0.5, 0.6) is 5.75 Å². The van der Waals surface area contributed by atoms with Crippen LogP contribution in [0.15, 0.2) is 18.2 Å². The van der Waals surface area contributed by atoms with Crippen molar-refractivity contribution in [1.29, 1.82) is 0 Å². The fourth-order valence-electron chi connectivity index (χ4n) is 1.55. The first kappa shape index (κ1) is 14.8. The lowest BCUT2D eigenvalue weighted by atomic mass is 10.2. The number of hydrogen-bond donors (Lipinski definition) is 1. The quantitative estimate of drug-likeness (QED) is 0.797. The Labute approximate surface area is 111 Å². The van der Waals surface area contributed by atoms with Gasteiger partial charge in [-0.15, -0.1) is 0 Å². The molecule has 0 aliphatic rings. The van der Waals surface area contributed by atoms with Crippen molar-refractivity contribution >= 4 is 17.6 Å². The fraction of sp³-hybridized carbons (Fsp3) is 0.385. The molecule has 0 atom stereocenters. The third-order valence-electron chi connectivity index (χ3n) is 2.57. The van der Waals surface area contributed by atoms with Gasteiger partial charge in [0.2, 0.25) is 0 Å². The Hall–Kier alpha value is -2.24. The van der Waals surface area contributed by atoms with Gasteiger partial charge in [0.1, 0.15) is 18.8 Å². The summed E-state index contributed by atoms with van der Waals surface area (Å²) in [7, 11) is 2.52. The second-order valence-electron chi connectivity index (χ2n) is 4.00. The fourth-order valence-corrected chi connectivity index (χ4v) is 1.55. The average molecular weight is 267 g/mol. The monoisotopic (exact) mass is 267 g/mol. The number of ether oxygens (including phenoxy) is 2. The Morgan fingerprint density at radius 3 is 2.16 bits per heavy atom. The molecule has 0 heterocycles. The minimum absolute atomic E-state index is 0.0154. The number of esters is 2. The Bertz CT molecular complexity index is 454. The number of anilines is 1. The highest BCUT2D eigenvalue weighted by molar-refractivity contribution is 5.82. The number of phenols is 1. The van der Waals surface area contributed by atoms with E-state index in [0.29, 0.717) is 5.69 Å². The average Bonchev–Trinajstić information content (AvgIpc) is 2.40. The van der Waals surface area contributed by atoms with E-state index in [4.69, 9.17) is 0 Å². The molecule has 0 fully saturated rings. The lowest BCUT2D eigenvalue weighted by molar-refractivity contribution is -0.140. The molecule has 0 aliphatic carbocycles. The summed E-state index contributed by atoms with van der Waals surface area (Å²) in [6.45, 7) is 1.54. The van der Waals surface area contributed by atoms with Crippen LogP contribution < -0.4 is 4.90 Å². The molecule has 6 nitrogen and oxygen atoms in total. The Balaban J connectivity index is 3.03.